The molecule has 1 amide bonds. The molecule has 0 atom stereocenters. The highest BCUT2D eigenvalue weighted by Crippen LogP contribution is 2.36. The highest BCUT2D eigenvalue weighted by Gasteiger charge is 2.35. The molecule has 0 spiro atoms. The Bertz CT molecular complexity index is 1140. The maximum atomic E-state index is 14.3. The fraction of sp³-hybridized carbons (Fsp3) is 0.150. The van der Waals surface area contributed by atoms with Gasteiger partial charge in [0.15, 0.2) is 17.2 Å². The summed E-state index contributed by atoms with van der Waals surface area (Å²) in [5.41, 5.74) is 0.573. The second kappa shape index (κ2) is 7.62. The number of hydrogen-bond donors (Lipinski definition) is 3. The highest BCUT2D eigenvalue weighted by atomic mass is 35.5. The molecule has 0 fully saturated rings. The number of fused-ring (bicyclic) bond motifs is 1. The van der Waals surface area contributed by atoms with Gasteiger partial charge in [-0.05, 0) is 50.2 Å². The van der Waals surface area contributed by atoms with Gasteiger partial charge >= 0.3 is 0 Å². The van der Waals surface area contributed by atoms with E-state index in [4.69, 9.17) is 27.9 Å². The second-order valence-corrected chi connectivity index (χ2v) is 7.95. The van der Waals surface area contributed by atoms with Crippen LogP contribution in [0.3, 0.4) is 0 Å². The van der Waals surface area contributed by atoms with Crippen molar-refractivity contribution in [2.45, 2.75) is 19.4 Å². The van der Waals surface area contributed by atoms with E-state index in [1.165, 1.54) is 0 Å². The first-order chi connectivity index (χ1) is 14.2. The van der Waals surface area contributed by atoms with Crippen molar-refractivity contribution < 1.29 is 13.9 Å². The average Bonchev–Trinajstić information content (AvgIpc) is 2.65. The van der Waals surface area contributed by atoms with Gasteiger partial charge in [0.2, 0.25) is 5.95 Å². The van der Waals surface area contributed by atoms with Crippen LogP contribution in [0.5, 0.6) is 5.75 Å². The van der Waals surface area contributed by atoms with E-state index >= 15 is 0 Å². The third-order valence-corrected chi connectivity index (χ3v) is 4.70. The maximum Gasteiger partial charge on any atom is 0.268 e. The Balaban J connectivity index is 1.57. The number of anilines is 5. The molecule has 3 N–H and O–H groups in total. The molecule has 30 heavy (non-hydrogen) atoms. The predicted molar refractivity (Wildman–Crippen MR) is 115 cm³/mol. The quantitative estimate of drug-likeness (QED) is 0.487. The number of carbonyl (C=O) groups is 1. The molecule has 0 radical (unpaired) electrons. The summed E-state index contributed by atoms with van der Waals surface area (Å²) < 4.78 is 20.0. The molecule has 0 aliphatic carbocycles. The van der Waals surface area contributed by atoms with Crippen LogP contribution in [-0.4, -0.2) is 21.5 Å². The largest absolute Gasteiger partial charge is 0.476 e. The lowest BCUT2D eigenvalue weighted by Gasteiger charge is -2.31. The number of benzene rings is 2. The number of aromatic nitrogens is 2. The van der Waals surface area contributed by atoms with E-state index in [0.717, 1.165) is 6.20 Å². The Labute approximate surface area is 181 Å². The van der Waals surface area contributed by atoms with Crippen LogP contribution in [0.4, 0.5) is 33.2 Å². The summed E-state index contributed by atoms with van der Waals surface area (Å²) >= 11 is 12.0. The molecule has 3 aromatic rings. The van der Waals surface area contributed by atoms with E-state index in [9.17, 15) is 9.18 Å². The minimum absolute atomic E-state index is 0.0519. The zero-order chi connectivity index (χ0) is 21.5. The fourth-order valence-electron chi connectivity index (χ4n) is 2.80. The summed E-state index contributed by atoms with van der Waals surface area (Å²) in [7, 11) is 0. The first kappa shape index (κ1) is 20.2. The van der Waals surface area contributed by atoms with Gasteiger partial charge in [-0.2, -0.15) is 4.98 Å². The van der Waals surface area contributed by atoms with Crippen molar-refractivity contribution in [3.8, 4) is 5.75 Å². The second-order valence-electron chi connectivity index (χ2n) is 7.08. The van der Waals surface area contributed by atoms with Gasteiger partial charge in [-0.1, -0.05) is 23.2 Å². The summed E-state index contributed by atoms with van der Waals surface area (Å²) in [6.07, 6.45) is 1.04. The number of hydrogen-bond acceptors (Lipinski definition) is 6. The van der Waals surface area contributed by atoms with Crippen molar-refractivity contribution in [3.05, 3.63) is 58.5 Å². The molecule has 0 saturated heterocycles. The van der Waals surface area contributed by atoms with E-state index in [2.05, 4.69) is 25.9 Å². The lowest BCUT2D eigenvalue weighted by atomic mass is 10.1. The minimum Gasteiger partial charge on any atom is -0.476 e. The van der Waals surface area contributed by atoms with E-state index in [1.807, 2.05) is 0 Å². The molecule has 10 heteroatoms. The number of amides is 1. The third-order valence-electron chi connectivity index (χ3n) is 4.27. The van der Waals surface area contributed by atoms with Crippen molar-refractivity contribution in [3.63, 3.8) is 0 Å². The van der Waals surface area contributed by atoms with Gasteiger partial charge in [-0.15, -0.1) is 0 Å². The predicted octanol–water partition coefficient (Wildman–Crippen LogP) is 5.52. The van der Waals surface area contributed by atoms with Crippen LogP contribution >= 0.6 is 23.2 Å². The molecule has 0 unspecified atom stereocenters. The Hall–Kier alpha value is -3.10. The maximum absolute atomic E-state index is 14.3. The Morgan fingerprint density at radius 1 is 1.07 bits per heavy atom. The molecule has 2 aromatic carbocycles. The first-order valence-corrected chi connectivity index (χ1v) is 9.62. The molecule has 1 aliphatic heterocycles. The normalized spacial score (nSPS) is 14.4. The van der Waals surface area contributed by atoms with E-state index in [-0.39, 0.29) is 17.7 Å². The SMILES string of the molecule is CC1(C)Oc2ccc(Nc3nc(Nc4cc(Cl)cc(Cl)c4)ncc3F)cc2NC1=O. The van der Waals surface area contributed by atoms with Crippen LogP contribution in [0.1, 0.15) is 13.8 Å². The van der Waals surface area contributed by atoms with Gasteiger partial charge < -0.3 is 20.7 Å². The van der Waals surface area contributed by atoms with Crippen molar-refractivity contribution in [2.24, 2.45) is 0 Å². The van der Waals surface area contributed by atoms with Crippen LogP contribution in [0.2, 0.25) is 10.0 Å². The summed E-state index contributed by atoms with van der Waals surface area (Å²) in [6, 6.07) is 9.88. The topological polar surface area (TPSA) is 88.2 Å². The van der Waals surface area contributed by atoms with Gasteiger partial charge in [0.05, 0.1) is 11.9 Å². The monoisotopic (exact) mass is 447 g/mol. The number of nitrogens with zero attached hydrogens (tertiary/aromatic N) is 2. The number of halogens is 3. The lowest BCUT2D eigenvalue weighted by molar-refractivity contribution is -0.129. The molecule has 7 nitrogen and oxygen atoms in total. The van der Waals surface area contributed by atoms with Crippen LogP contribution in [-0.2, 0) is 4.79 Å². The highest BCUT2D eigenvalue weighted by molar-refractivity contribution is 6.35. The van der Waals surface area contributed by atoms with Crippen LogP contribution in [0.25, 0.3) is 0 Å². The molecule has 0 bridgehead atoms. The van der Waals surface area contributed by atoms with Gasteiger partial charge in [-0.3, -0.25) is 4.79 Å². The standard InChI is InChI=1S/C20H16Cl2FN5O2/c1-20(2)18(29)27-15-8-12(3-4-16(15)30-20)25-17-14(23)9-24-19(28-17)26-13-6-10(21)5-11(22)7-13/h3-9H,1-2H3,(H,27,29)(H2,24,25,26,28). The number of ether oxygens (including phenoxy) is 1. The zero-order valence-corrected chi connectivity index (χ0v) is 17.4. The molecule has 154 valence electrons. The lowest BCUT2D eigenvalue weighted by Crippen LogP contribution is -2.45. The molecular formula is C20H16Cl2FN5O2. The summed E-state index contributed by atoms with van der Waals surface area (Å²) in [5, 5.41) is 9.46. The Kier molecular flexibility index (Phi) is 5.13. The summed E-state index contributed by atoms with van der Waals surface area (Å²) in [4.78, 5) is 20.2. The van der Waals surface area contributed by atoms with Crippen LogP contribution in [0.15, 0.2) is 42.6 Å². The molecule has 2 heterocycles. The smallest absolute Gasteiger partial charge is 0.268 e. The molecule has 1 aromatic heterocycles. The van der Waals surface area contributed by atoms with Crippen molar-refractivity contribution in [1.29, 1.82) is 0 Å². The van der Waals surface area contributed by atoms with Gasteiger partial charge in [0.25, 0.3) is 5.91 Å². The number of nitrogens with one attached hydrogen (secondary N) is 3. The van der Waals surface area contributed by atoms with Crippen LogP contribution < -0.4 is 20.7 Å². The Morgan fingerprint density at radius 3 is 2.53 bits per heavy atom. The number of carbonyl (C=O) groups excluding carboxylic acids is 1. The third kappa shape index (κ3) is 4.24. The van der Waals surface area contributed by atoms with Crippen molar-refractivity contribution in [2.75, 3.05) is 16.0 Å². The first-order valence-electron chi connectivity index (χ1n) is 8.87. The minimum atomic E-state index is -0.968. The van der Waals surface area contributed by atoms with Gasteiger partial charge in [0.1, 0.15) is 5.75 Å². The van der Waals surface area contributed by atoms with E-state index in [1.54, 1.807) is 50.2 Å². The van der Waals surface area contributed by atoms with Crippen LogP contribution in [0, 0.1) is 5.82 Å². The molecule has 4 rings (SSSR count). The Morgan fingerprint density at radius 2 is 1.80 bits per heavy atom. The van der Waals surface area contributed by atoms with E-state index in [0.29, 0.717) is 32.9 Å². The number of rotatable bonds is 4. The molecule has 0 saturated carbocycles. The zero-order valence-electron chi connectivity index (χ0n) is 15.9. The summed E-state index contributed by atoms with van der Waals surface area (Å²) in [5.74, 6) is -0.304. The van der Waals surface area contributed by atoms with Crippen molar-refractivity contribution in [1.82, 2.24) is 9.97 Å². The average molecular weight is 448 g/mol. The van der Waals surface area contributed by atoms with E-state index < -0.39 is 11.4 Å². The molecular weight excluding hydrogens is 432 g/mol. The van der Waals surface area contributed by atoms with Crippen molar-refractivity contribution >= 4 is 57.9 Å². The fourth-order valence-corrected chi connectivity index (χ4v) is 3.32. The molecule has 1 aliphatic rings. The van der Waals surface area contributed by atoms with Gasteiger partial charge in [-0.25, -0.2) is 9.37 Å². The van der Waals surface area contributed by atoms with Gasteiger partial charge in [0, 0.05) is 21.4 Å². The summed E-state index contributed by atoms with van der Waals surface area (Å²) in [6.45, 7) is 3.35.